The van der Waals surface area contributed by atoms with Crippen LogP contribution in [0.5, 0.6) is 0 Å². The lowest BCUT2D eigenvalue weighted by atomic mass is 10.4. The second-order valence-electron chi connectivity index (χ2n) is 3.81. The van der Waals surface area contributed by atoms with E-state index in [4.69, 9.17) is 10.2 Å². The summed E-state index contributed by atoms with van der Waals surface area (Å²) >= 11 is 0. The molecule has 1 rings (SSSR count). The van der Waals surface area contributed by atoms with Crippen LogP contribution in [-0.2, 0) is 22.7 Å². The van der Waals surface area contributed by atoms with Crippen molar-refractivity contribution < 1.29 is 19.8 Å². The molecule has 19 heavy (non-hydrogen) atoms. The Morgan fingerprint density at radius 1 is 1.05 bits per heavy atom. The first-order valence-electron chi connectivity index (χ1n) is 5.44. The topological polar surface area (TPSA) is 131 Å². The number of carboxylic acid groups (broad SMARTS) is 2. The van der Waals surface area contributed by atoms with E-state index in [1.807, 2.05) is 0 Å². The third-order valence-electron chi connectivity index (χ3n) is 2.44. The molecule has 0 aliphatic rings. The minimum atomic E-state index is -1.15. The molecule has 0 bridgehead atoms. The van der Waals surface area contributed by atoms with Crippen molar-refractivity contribution in [3.8, 4) is 0 Å². The highest BCUT2D eigenvalue weighted by Crippen LogP contribution is 1.91. The molecule has 1 heterocycles. The van der Waals surface area contributed by atoms with Crippen LogP contribution in [0.4, 0.5) is 0 Å². The Labute approximate surface area is 106 Å². The zero-order chi connectivity index (χ0) is 14.6. The van der Waals surface area contributed by atoms with Crippen molar-refractivity contribution in [2.45, 2.75) is 32.9 Å². The quantitative estimate of drug-likeness (QED) is 0.654. The molecule has 104 valence electrons. The molecule has 0 saturated carbocycles. The van der Waals surface area contributed by atoms with Gasteiger partial charge in [0.05, 0.1) is 12.8 Å². The highest BCUT2D eigenvalue weighted by molar-refractivity contribution is 5.66. The summed E-state index contributed by atoms with van der Waals surface area (Å²) in [5, 5.41) is 17.1. The molecule has 0 aliphatic carbocycles. The average molecular weight is 271 g/mol. The summed E-state index contributed by atoms with van der Waals surface area (Å²) in [5.74, 6) is -2.14. The van der Waals surface area contributed by atoms with E-state index in [0.29, 0.717) is 4.57 Å². The maximum atomic E-state index is 11.9. The van der Waals surface area contributed by atoms with Crippen LogP contribution in [0.2, 0.25) is 0 Å². The van der Waals surface area contributed by atoms with Gasteiger partial charge in [0.1, 0.15) is 5.82 Å². The molecule has 1 aromatic rings. The number of carboxylic acids is 2. The molecule has 0 amide bonds. The SMILES string of the molecule is Cc1nc(=O)n(CCC(=O)O)c(=O)n1CCC(=O)O. The van der Waals surface area contributed by atoms with Crippen LogP contribution >= 0.6 is 0 Å². The van der Waals surface area contributed by atoms with Gasteiger partial charge < -0.3 is 10.2 Å². The molecule has 0 saturated heterocycles. The summed E-state index contributed by atoms with van der Waals surface area (Å²) in [5.41, 5.74) is -1.59. The van der Waals surface area contributed by atoms with Gasteiger partial charge in [-0.25, -0.2) is 14.2 Å². The lowest BCUT2D eigenvalue weighted by Crippen LogP contribution is -2.43. The second kappa shape index (κ2) is 5.94. The largest absolute Gasteiger partial charge is 0.481 e. The third kappa shape index (κ3) is 3.76. The number of nitrogens with zero attached hydrogens (tertiary/aromatic N) is 3. The van der Waals surface area contributed by atoms with Crippen LogP contribution in [0.15, 0.2) is 9.59 Å². The fraction of sp³-hybridized carbons (Fsp3) is 0.500. The minimum Gasteiger partial charge on any atom is -0.481 e. The lowest BCUT2D eigenvalue weighted by Gasteiger charge is -2.10. The first-order chi connectivity index (χ1) is 8.82. The lowest BCUT2D eigenvalue weighted by molar-refractivity contribution is -0.138. The summed E-state index contributed by atoms with van der Waals surface area (Å²) in [4.78, 5) is 47.9. The van der Waals surface area contributed by atoms with Gasteiger partial charge in [0.15, 0.2) is 0 Å². The fourth-order valence-electron chi connectivity index (χ4n) is 1.49. The molecule has 0 radical (unpaired) electrons. The van der Waals surface area contributed by atoms with Gasteiger partial charge >= 0.3 is 23.3 Å². The minimum absolute atomic E-state index is 0.0998. The van der Waals surface area contributed by atoms with Crippen molar-refractivity contribution in [1.29, 1.82) is 0 Å². The number of hydrogen-bond acceptors (Lipinski definition) is 5. The van der Waals surface area contributed by atoms with E-state index in [-0.39, 0.29) is 25.3 Å². The van der Waals surface area contributed by atoms with Crippen LogP contribution in [-0.4, -0.2) is 36.3 Å². The molecular formula is C10H13N3O6. The Hall–Kier alpha value is -2.45. The van der Waals surface area contributed by atoms with Crippen molar-refractivity contribution in [1.82, 2.24) is 14.1 Å². The van der Waals surface area contributed by atoms with Gasteiger partial charge in [-0.3, -0.25) is 14.2 Å². The zero-order valence-corrected chi connectivity index (χ0v) is 10.2. The molecular weight excluding hydrogens is 258 g/mol. The maximum absolute atomic E-state index is 11.9. The fourth-order valence-corrected chi connectivity index (χ4v) is 1.49. The Morgan fingerprint density at radius 3 is 2.00 bits per heavy atom. The summed E-state index contributed by atoms with van der Waals surface area (Å²) in [6, 6.07) is 0. The number of rotatable bonds is 6. The van der Waals surface area contributed by atoms with E-state index < -0.39 is 29.7 Å². The van der Waals surface area contributed by atoms with Crippen LogP contribution < -0.4 is 11.4 Å². The molecule has 1 aromatic heterocycles. The van der Waals surface area contributed by atoms with Crippen LogP contribution in [0.1, 0.15) is 18.7 Å². The standard InChI is InChI=1S/C10H13N3O6/c1-6-11-9(18)13(5-3-8(16)17)10(19)12(6)4-2-7(14)15/h2-5H2,1H3,(H,14,15)(H,16,17). The van der Waals surface area contributed by atoms with Crippen molar-refractivity contribution in [2.24, 2.45) is 0 Å². The normalized spacial score (nSPS) is 10.4. The van der Waals surface area contributed by atoms with Gasteiger partial charge in [-0.05, 0) is 6.92 Å². The Kier molecular flexibility index (Phi) is 4.56. The molecule has 0 unspecified atom stereocenters. The summed E-state index contributed by atoms with van der Waals surface area (Å²) < 4.78 is 1.72. The number of aryl methyl sites for hydroxylation is 1. The number of carbonyl (C=O) groups is 2. The zero-order valence-electron chi connectivity index (χ0n) is 10.2. The van der Waals surface area contributed by atoms with Crippen LogP contribution in [0.3, 0.4) is 0 Å². The predicted molar refractivity (Wildman–Crippen MR) is 62.0 cm³/mol. The monoisotopic (exact) mass is 271 g/mol. The van der Waals surface area contributed by atoms with E-state index in [1.54, 1.807) is 0 Å². The van der Waals surface area contributed by atoms with Gasteiger partial charge in [0, 0.05) is 13.1 Å². The number of aromatic nitrogens is 3. The molecule has 0 aromatic carbocycles. The van der Waals surface area contributed by atoms with E-state index in [1.165, 1.54) is 6.92 Å². The van der Waals surface area contributed by atoms with E-state index in [0.717, 1.165) is 4.57 Å². The van der Waals surface area contributed by atoms with E-state index in [2.05, 4.69) is 4.98 Å². The Morgan fingerprint density at radius 2 is 1.53 bits per heavy atom. The molecule has 2 N–H and O–H groups in total. The smallest absolute Gasteiger partial charge is 0.353 e. The summed E-state index contributed by atoms with van der Waals surface area (Å²) in [6.45, 7) is 0.986. The van der Waals surface area contributed by atoms with Crippen molar-refractivity contribution in [3.05, 3.63) is 26.8 Å². The molecule has 0 spiro atoms. The molecule has 9 heteroatoms. The van der Waals surface area contributed by atoms with Gasteiger partial charge in [0.2, 0.25) is 0 Å². The highest BCUT2D eigenvalue weighted by atomic mass is 16.4. The summed E-state index contributed by atoms with van der Waals surface area (Å²) in [7, 11) is 0. The second-order valence-corrected chi connectivity index (χ2v) is 3.81. The molecule has 0 atom stereocenters. The van der Waals surface area contributed by atoms with Crippen LogP contribution in [0.25, 0.3) is 0 Å². The van der Waals surface area contributed by atoms with Crippen molar-refractivity contribution in [3.63, 3.8) is 0 Å². The van der Waals surface area contributed by atoms with Crippen molar-refractivity contribution in [2.75, 3.05) is 0 Å². The van der Waals surface area contributed by atoms with Crippen molar-refractivity contribution >= 4 is 11.9 Å². The van der Waals surface area contributed by atoms with Gasteiger partial charge in [-0.15, -0.1) is 0 Å². The van der Waals surface area contributed by atoms with Gasteiger partial charge in [-0.2, -0.15) is 4.98 Å². The first kappa shape index (κ1) is 14.6. The Bertz CT molecular complexity index is 615. The maximum Gasteiger partial charge on any atom is 0.353 e. The first-order valence-corrected chi connectivity index (χ1v) is 5.44. The highest BCUT2D eigenvalue weighted by Gasteiger charge is 2.12. The van der Waals surface area contributed by atoms with Gasteiger partial charge in [-0.1, -0.05) is 0 Å². The third-order valence-corrected chi connectivity index (χ3v) is 2.44. The molecule has 0 fully saturated rings. The predicted octanol–water partition coefficient (Wildman–Crippen LogP) is -1.34. The van der Waals surface area contributed by atoms with Gasteiger partial charge in [0.25, 0.3) is 0 Å². The molecule has 0 aliphatic heterocycles. The number of hydrogen-bond donors (Lipinski definition) is 2. The average Bonchev–Trinajstić information content (AvgIpc) is 2.27. The number of aliphatic carboxylic acids is 2. The Balaban J connectivity index is 3.15. The molecule has 9 nitrogen and oxygen atoms in total. The van der Waals surface area contributed by atoms with E-state index in [9.17, 15) is 19.2 Å². The van der Waals surface area contributed by atoms with Crippen LogP contribution in [0, 0.1) is 6.92 Å². The van der Waals surface area contributed by atoms with E-state index >= 15 is 0 Å². The summed E-state index contributed by atoms with van der Waals surface area (Å²) in [6.07, 6.45) is -0.682.